The molecule has 1 aliphatic heterocycles. The van der Waals surface area contributed by atoms with Crippen molar-refractivity contribution in [3.05, 3.63) is 29.2 Å². The van der Waals surface area contributed by atoms with Crippen LogP contribution >= 0.6 is 0 Å². The van der Waals surface area contributed by atoms with Crippen LogP contribution in [0.25, 0.3) is 0 Å². The average molecular weight is 304 g/mol. The van der Waals surface area contributed by atoms with Gasteiger partial charge in [-0.1, -0.05) is 0 Å². The van der Waals surface area contributed by atoms with Crippen molar-refractivity contribution in [2.24, 2.45) is 5.73 Å². The smallest absolute Gasteiger partial charge is 0.269 e. The van der Waals surface area contributed by atoms with Crippen molar-refractivity contribution in [1.29, 1.82) is 0 Å². The number of hydrogen-bond acceptors (Lipinski definition) is 6. The monoisotopic (exact) mass is 304 g/mol. The normalized spacial score (nSPS) is 20.9. The fourth-order valence-electron chi connectivity index (χ4n) is 2.92. The number of aromatic nitrogens is 4. The third-order valence-corrected chi connectivity index (χ3v) is 4.19. The summed E-state index contributed by atoms with van der Waals surface area (Å²) in [4.78, 5) is 13.5. The molecule has 8 heteroatoms. The molecule has 1 amide bonds. The fraction of sp³-hybridized carbons (Fsp3) is 0.571. The molecule has 3 rings (SSSR count). The Labute approximate surface area is 128 Å². The van der Waals surface area contributed by atoms with Crippen LogP contribution in [-0.4, -0.2) is 44.3 Å². The molecule has 0 unspecified atom stereocenters. The molecular weight excluding hydrogens is 284 g/mol. The first-order chi connectivity index (χ1) is 10.5. The van der Waals surface area contributed by atoms with Gasteiger partial charge in [0.15, 0.2) is 0 Å². The van der Waals surface area contributed by atoms with Crippen LogP contribution < -0.4 is 5.73 Å². The molecule has 1 fully saturated rings. The van der Waals surface area contributed by atoms with Crippen LogP contribution in [0.1, 0.15) is 59.7 Å². The summed E-state index contributed by atoms with van der Waals surface area (Å²) in [5.41, 5.74) is 6.49. The van der Waals surface area contributed by atoms with E-state index in [1.165, 1.54) is 0 Å². The van der Waals surface area contributed by atoms with Gasteiger partial charge in [0.25, 0.3) is 5.91 Å². The number of aromatic amines is 1. The quantitative estimate of drug-likeness (QED) is 0.875. The Morgan fingerprint density at radius 2 is 2.36 bits per heavy atom. The molecule has 0 spiro atoms. The number of carbonyl (C=O) groups is 1. The first-order valence-electron chi connectivity index (χ1n) is 7.43. The maximum atomic E-state index is 11.2. The van der Waals surface area contributed by atoms with E-state index >= 15 is 0 Å². The zero-order valence-electron chi connectivity index (χ0n) is 12.7. The first kappa shape index (κ1) is 14.7. The Morgan fingerprint density at radius 3 is 3.00 bits per heavy atom. The number of H-pyrrole nitrogens is 1. The topological polar surface area (TPSA) is 114 Å². The molecule has 2 atom stereocenters. The lowest BCUT2D eigenvalue weighted by Crippen LogP contribution is -2.36. The summed E-state index contributed by atoms with van der Waals surface area (Å²) < 4.78 is 5.53. The van der Waals surface area contributed by atoms with E-state index in [1.807, 2.05) is 0 Å². The summed E-state index contributed by atoms with van der Waals surface area (Å²) in [6, 6.07) is 1.82. The highest BCUT2D eigenvalue weighted by Crippen LogP contribution is 2.30. The van der Waals surface area contributed by atoms with E-state index in [4.69, 9.17) is 10.2 Å². The van der Waals surface area contributed by atoms with E-state index in [9.17, 15) is 4.79 Å². The summed E-state index contributed by atoms with van der Waals surface area (Å²) in [5.74, 6) is 1.00. The number of carbonyl (C=O) groups excluding carboxylic acids is 1. The molecule has 0 saturated carbocycles. The van der Waals surface area contributed by atoms with Gasteiger partial charge in [-0.2, -0.15) is 5.10 Å². The van der Waals surface area contributed by atoms with Gasteiger partial charge in [0.1, 0.15) is 5.69 Å². The highest BCUT2D eigenvalue weighted by atomic mass is 16.4. The molecule has 22 heavy (non-hydrogen) atoms. The van der Waals surface area contributed by atoms with Gasteiger partial charge in [-0.25, -0.2) is 0 Å². The molecule has 3 N–H and O–H groups in total. The van der Waals surface area contributed by atoms with E-state index in [2.05, 4.69) is 32.2 Å². The molecule has 2 aromatic heterocycles. The summed E-state index contributed by atoms with van der Waals surface area (Å²) in [7, 11) is 0. The molecule has 0 radical (unpaired) electrons. The molecule has 3 heterocycles. The Morgan fingerprint density at radius 1 is 1.55 bits per heavy atom. The Balaban J connectivity index is 1.72. The van der Waals surface area contributed by atoms with Crippen LogP contribution in [-0.2, 0) is 0 Å². The van der Waals surface area contributed by atoms with Gasteiger partial charge in [0, 0.05) is 25.1 Å². The van der Waals surface area contributed by atoms with E-state index in [-0.39, 0.29) is 11.7 Å². The minimum Gasteiger partial charge on any atom is -0.424 e. The number of primary amides is 1. The number of aryl methyl sites for hydroxylation is 1. The summed E-state index contributed by atoms with van der Waals surface area (Å²) >= 11 is 0. The van der Waals surface area contributed by atoms with Crippen molar-refractivity contribution >= 4 is 5.91 Å². The summed E-state index contributed by atoms with van der Waals surface area (Å²) in [5, 5.41) is 14.9. The average Bonchev–Trinajstić information content (AvgIpc) is 3.15. The zero-order chi connectivity index (χ0) is 15.7. The van der Waals surface area contributed by atoms with Crippen LogP contribution in [0.5, 0.6) is 0 Å². The predicted octanol–water partition coefficient (Wildman–Crippen LogP) is 1.14. The molecule has 0 bridgehead atoms. The highest BCUT2D eigenvalue weighted by molar-refractivity contribution is 5.90. The van der Waals surface area contributed by atoms with Crippen molar-refractivity contribution in [3.63, 3.8) is 0 Å². The van der Waals surface area contributed by atoms with Crippen LogP contribution in [0.3, 0.4) is 0 Å². The van der Waals surface area contributed by atoms with Gasteiger partial charge in [0.05, 0.1) is 6.04 Å². The van der Waals surface area contributed by atoms with Crippen molar-refractivity contribution in [1.82, 2.24) is 25.3 Å². The van der Waals surface area contributed by atoms with Crippen molar-refractivity contribution in [2.75, 3.05) is 13.1 Å². The van der Waals surface area contributed by atoms with E-state index in [0.29, 0.717) is 17.7 Å². The summed E-state index contributed by atoms with van der Waals surface area (Å²) in [6.45, 7) is 5.69. The molecule has 8 nitrogen and oxygen atoms in total. The lowest BCUT2D eigenvalue weighted by atomic mass is 9.93. The molecule has 0 aromatic carbocycles. The summed E-state index contributed by atoms with van der Waals surface area (Å²) in [6.07, 6.45) is 2.11. The van der Waals surface area contributed by atoms with Crippen molar-refractivity contribution in [3.8, 4) is 0 Å². The van der Waals surface area contributed by atoms with Gasteiger partial charge >= 0.3 is 0 Å². The van der Waals surface area contributed by atoms with Gasteiger partial charge in [-0.3, -0.25) is 14.8 Å². The van der Waals surface area contributed by atoms with Crippen LogP contribution in [0, 0.1) is 6.92 Å². The van der Waals surface area contributed by atoms with Crippen molar-refractivity contribution in [2.45, 2.75) is 38.6 Å². The van der Waals surface area contributed by atoms with E-state index in [0.717, 1.165) is 31.6 Å². The van der Waals surface area contributed by atoms with Gasteiger partial charge < -0.3 is 10.2 Å². The number of piperidine rings is 1. The lowest BCUT2D eigenvalue weighted by Gasteiger charge is -2.34. The molecule has 118 valence electrons. The lowest BCUT2D eigenvalue weighted by molar-refractivity contribution is 0.0995. The first-order valence-corrected chi connectivity index (χ1v) is 7.43. The SMILES string of the molecule is Cc1nnc([C@@H](C)N2CCC[C@@H](c3cc(C(N)=O)n[nH]3)C2)o1. The third kappa shape index (κ3) is 2.87. The van der Waals surface area contributed by atoms with Crippen LogP contribution in [0.2, 0.25) is 0 Å². The van der Waals surface area contributed by atoms with Crippen molar-refractivity contribution < 1.29 is 9.21 Å². The number of nitrogens with zero attached hydrogens (tertiary/aromatic N) is 4. The van der Waals surface area contributed by atoms with Crippen LogP contribution in [0.15, 0.2) is 10.5 Å². The zero-order valence-corrected chi connectivity index (χ0v) is 12.7. The maximum absolute atomic E-state index is 11.2. The molecule has 1 saturated heterocycles. The number of likely N-dealkylation sites (tertiary alicyclic amines) is 1. The minimum absolute atomic E-state index is 0.0718. The van der Waals surface area contributed by atoms with Gasteiger partial charge in [-0.05, 0) is 32.4 Å². The highest BCUT2D eigenvalue weighted by Gasteiger charge is 2.29. The van der Waals surface area contributed by atoms with E-state index < -0.39 is 5.91 Å². The fourth-order valence-corrected chi connectivity index (χ4v) is 2.92. The second-order valence-electron chi connectivity index (χ2n) is 5.74. The predicted molar refractivity (Wildman–Crippen MR) is 78.1 cm³/mol. The second-order valence-corrected chi connectivity index (χ2v) is 5.74. The number of nitrogens with two attached hydrogens (primary N) is 1. The Bertz CT molecular complexity index is 664. The Hall–Kier alpha value is -2.22. The maximum Gasteiger partial charge on any atom is 0.269 e. The third-order valence-electron chi connectivity index (χ3n) is 4.19. The largest absolute Gasteiger partial charge is 0.424 e. The second kappa shape index (κ2) is 5.88. The number of hydrogen-bond donors (Lipinski definition) is 2. The molecule has 2 aromatic rings. The molecular formula is C14H20N6O2. The van der Waals surface area contributed by atoms with E-state index in [1.54, 1.807) is 13.0 Å². The molecule has 1 aliphatic rings. The van der Waals surface area contributed by atoms with Gasteiger partial charge in [-0.15, -0.1) is 10.2 Å². The van der Waals surface area contributed by atoms with Crippen LogP contribution in [0.4, 0.5) is 0 Å². The number of amides is 1. The minimum atomic E-state index is -0.509. The Kier molecular flexibility index (Phi) is 3.93. The number of nitrogens with one attached hydrogen (secondary N) is 1. The number of rotatable bonds is 4. The van der Waals surface area contributed by atoms with Gasteiger partial charge in [0.2, 0.25) is 11.8 Å². The standard InChI is InChI=1S/C14H20N6O2/c1-8(14-19-16-9(2)22-14)20-5-3-4-10(7-20)11-6-12(13(15)21)18-17-11/h6,8,10H,3-5,7H2,1-2H3,(H2,15,21)(H,17,18)/t8-,10-/m1/s1. The molecule has 0 aliphatic carbocycles.